The molecule has 0 unspecified atom stereocenters. The molecule has 13 heavy (non-hydrogen) atoms. The lowest BCUT2D eigenvalue weighted by Gasteiger charge is -2.32. The van der Waals surface area contributed by atoms with Crippen LogP contribution >= 0.6 is 23.2 Å². The van der Waals surface area contributed by atoms with Gasteiger partial charge in [0.05, 0.1) is 6.10 Å². The van der Waals surface area contributed by atoms with E-state index in [0.29, 0.717) is 13.1 Å². The summed E-state index contributed by atoms with van der Waals surface area (Å²) in [6, 6.07) is 0. The first-order chi connectivity index (χ1) is 5.91. The Kier molecular flexibility index (Phi) is 3.44. The predicted octanol–water partition coefficient (Wildman–Crippen LogP) is 1.16. The van der Waals surface area contributed by atoms with E-state index in [4.69, 9.17) is 23.2 Å². The van der Waals surface area contributed by atoms with Gasteiger partial charge in [-0.05, 0) is 19.8 Å². The molecule has 1 atom stereocenters. The molecule has 0 aromatic rings. The highest BCUT2D eigenvalue weighted by Gasteiger charge is 2.34. The molecule has 1 fully saturated rings. The fourth-order valence-electron chi connectivity index (χ4n) is 1.42. The molecular weight excluding hydrogens is 213 g/mol. The number of amides is 1. The molecule has 1 N–H and O–H groups in total. The van der Waals surface area contributed by atoms with E-state index >= 15 is 0 Å². The predicted molar refractivity (Wildman–Crippen MR) is 51.9 cm³/mol. The number of hydrogen-bond acceptors (Lipinski definition) is 2. The largest absolute Gasteiger partial charge is 0.391 e. The van der Waals surface area contributed by atoms with Crippen molar-refractivity contribution in [3.05, 3.63) is 0 Å². The van der Waals surface area contributed by atoms with E-state index in [9.17, 15) is 9.90 Å². The Morgan fingerprint density at radius 3 is 2.69 bits per heavy atom. The van der Waals surface area contributed by atoms with Crippen LogP contribution in [0.3, 0.4) is 0 Å². The molecule has 0 aromatic heterocycles. The molecule has 3 nitrogen and oxygen atoms in total. The number of alkyl halides is 2. The van der Waals surface area contributed by atoms with Gasteiger partial charge >= 0.3 is 0 Å². The summed E-state index contributed by atoms with van der Waals surface area (Å²) in [6.07, 6.45) is 1.11. The number of halogens is 2. The normalized spacial score (nSPS) is 24.6. The molecule has 0 radical (unpaired) electrons. The van der Waals surface area contributed by atoms with Gasteiger partial charge in [-0.25, -0.2) is 0 Å². The minimum atomic E-state index is -1.38. The second kappa shape index (κ2) is 4.03. The number of likely N-dealkylation sites (tertiary alicyclic amines) is 1. The second-order valence-corrected chi connectivity index (χ2v) is 5.14. The number of aliphatic hydroxyl groups is 1. The number of rotatable bonds is 1. The van der Waals surface area contributed by atoms with E-state index < -0.39 is 10.4 Å². The number of β-amino-alcohol motifs (C(OH)–C–C–N with tert-alkyl or cyclic N) is 1. The van der Waals surface area contributed by atoms with Gasteiger partial charge in [-0.3, -0.25) is 4.79 Å². The van der Waals surface area contributed by atoms with Crippen LogP contribution in [-0.4, -0.2) is 39.4 Å². The molecule has 0 aromatic carbocycles. The Balaban J connectivity index is 2.56. The van der Waals surface area contributed by atoms with Crippen molar-refractivity contribution in [1.29, 1.82) is 0 Å². The van der Waals surface area contributed by atoms with Crippen LogP contribution in [0.25, 0.3) is 0 Å². The van der Waals surface area contributed by atoms with E-state index in [2.05, 4.69) is 0 Å². The lowest BCUT2D eigenvalue weighted by Crippen LogP contribution is -2.47. The van der Waals surface area contributed by atoms with E-state index in [1.807, 2.05) is 0 Å². The van der Waals surface area contributed by atoms with Crippen LogP contribution < -0.4 is 0 Å². The van der Waals surface area contributed by atoms with Crippen molar-refractivity contribution in [2.75, 3.05) is 13.1 Å². The zero-order valence-corrected chi connectivity index (χ0v) is 8.98. The summed E-state index contributed by atoms with van der Waals surface area (Å²) in [5, 5.41) is 9.31. The van der Waals surface area contributed by atoms with Crippen LogP contribution in [0.5, 0.6) is 0 Å². The maximum atomic E-state index is 11.5. The minimum absolute atomic E-state index is 0.324. The van der Waals surface area contributed by atoms with Crippen LogP contribution in [0, 0.1) is 0 Å². The average molecular weight is 226 g/mol. The van der Waals surface area contributed by atoms with Gasteiger partial charge < -0.3 is 10.0 Å². The van der Waals surface area contributed by atoms with Crippen molar-refractivity contribution in [3.63, 3.8) is 0 Å². The Morgan fingerprint density at radius 1 is 1.62 bits per heavy atom. The van der Waals surface area contributed by atoms with Crippen LogP contribution in [0.15, 0.2) is 0 Å². The molecule has 1 amide bonds. The Labute approximate surface area is 87.6 Å². The standard InChI is InChI=1S/C8H13Cl2NO2/c1-8(9,10)7(13)11-4-2-3-6(12)5-11/h6,12H,2-5H2,1H3/t6-/m0/s1. The van der Waals surface area contributed by atoms with Gasteiger partial charge in [0.25, 0.3) is 5.91 Å². The number of nitrogens with zero attached hydrogens (tertiary/aromatic N) is 1. The molecule has 0 saturated carbocycles. The third kappa shape index (κ3) is 3.01. The van der Waals surface area contributed by atoms with Crippen LogP contribution in [-0.2, 0) is 4.79 Å². The SMILES string of the molecule is CC(Cl)(Cl)C(=O)N1CCC[C@H](O)C1. The zero-order valence-electron chi connectivity index (χ0n) is 7.46. The van der Waals surface area contributed by atoms with E-state index in [1.54, 1.807) is 0 Å². The molecule has 0 spiro atoms. The van der Waals surface area contributed by atoms with Crippen LogP contribution in [0.2, 0.25) is 0 Å². The highest BCUT2D eigenvalue weighted by atomic mass is 35.5. The number of piperidine rings is 1. The van der Waals surface area contributed by atoms with Gasteiger partial charge in [0.1, 0.15) is 0 Å². The summed E-state index contributed by atoms with van der Waals surface area (Å²) in [6.45, 7) is 2.41. The number of hydrogen-bond donors (Lipinski definition) is 1. The molecule has 1 aliphatic rings. The summed E-state index contributed by atoms with van der Waals surface area (Å²) in [5.41, 5.74) is 0. The maximum absolute atomic E-state index is 11.5. The molecule has 1 rings (SSSR count). The molecular formula is C8H13Cl2NO2. The topological polar surface area (TPSA) is 40.5 Å². The van der Waals surface area contributed by atoms with Gasteiger partial charge in [0.15, 0.2) is 4.33 Å². The molecule has 0 aliphatic carbocycles. The quantitative estimate of drug-likeness (QED) is 0.681. The third-order valence-electron chi connectivity index (χ3n) is 2.06. The summed E-state index contributed by atoms with van der Waals surface area (Å²) in [7, 11) is 0. The summed E-state index contributed by atoms with van der Waals surface area (Å²) < 4.78 is -1.38. The second-order valence-electron chi connectivity index (χ2n) is 3.44. The molecule has 5 heteroatoms. The van der Waals surface area contributed by atoms with Crippen molar-refractivity contribution in [2.45, 2.75) is 30.2 Å². The van der Waals surface area contributed by atoms with Crippen LogP contribution in [0.4, 0.5) is 0 Å². The Hall–Kier alpha value is 0.01000. The number of carbonyl (C=O) groups is 1. The molecule has 76 valence electrons. The summed E-state index contributed by atoms with van der Waals surface area (Å²) in [4.78, 5) is 13.0. The Morgan fingerprint density at radius 2 is 2.23 bits per heavy atom. The fourth-order valence-corrected chi connectivity index (χ4v) is 1.66. The lowest BCUT2D eigenvalue weighted by atomic mass is 10.1. The van der Waals surface area contributed by atoms with Crippen LogP contribution in [0.1, 0.15) is 19.8 Å². The fraction of sp³-hybridized carbons (Fsp3) is 0.875. The van der Waals surface area contributed by atoms with E-state index in [-0.39, 0.29) is 5.91 Å². The van der Waals surface area contributed by atoms with E-state index in [1.165, 1.54) is 11.8 Å². The van der Waals surface area contributed by atoms with Crippen molar-refractivity contribution in [3.8, 4) is 0 Å². The van der Waals surface area contributed by atoms with Crippen molar-refractivity contribution < 1.29 is 9.90 Å². The number of aliphatic hydroxyl groups excluding tert-OH is 1. The van der Waals surface area contributed by atoms with Gasteiger partial charge in [0, 0.05) is 13.1 Å². The highest BCUT2D eigenvalue weighted by Crippen LogP contribution is 2.24. The zero-order chi connectivity index (χ0) is 10.1. The summed E-state index contributed by atoms with van der Waals surface area (Å²) in [5.74, 6) is -0.324. The summed E-state index contributed by atoms with van der Waals surface area (Å²) >= 11 is 11.3. The number of carbonyl (C=O) groups excluding carboxylic acids is 1. The lowest BCUT2D eigenvalue weighted by molar-refractivity contribution is -0.134. The minimum Gasteiger partial charge on any atom is -0.391 e. The third-order valence-corrected chi connectivity index (χ3v) is 2.38. The maximum Gasteiger partial charge on any atom is 0.258 e. The van der Waals surface area contributed by atoms with Gasteiger partial charge in [-0.1, -0.05) is 23.2 Å². The first-order valence-corrected chi connectivity index (χ1v) is 5.02. The van der Waals surface area contributed by atoms with Crippen molar-refractivity contribution in [1.82, 2.24) is 4.90 Å². The molecule has 1 aliphatic heterocycles. The highest BCUT2D eigenvalue weighted by molar-refractivity contribution is 6.57. The van der Waals surface area contributed by atoms with Crippen molar-refractivity contribution >= 4 is 29.1 Å². The molecule has 1 saturated heterocycles. The van der Waals surface area contributed by atoms with E-state index in [0.717, 1.165) is 12.8 Å². The smallest absolute Gasteiger partial charge is 0.258 e. The average Bonchev–Trinajstić information content (AvgIpc) is 2.01. The van der Waals surface area contributed by atoms with Gasteiger partial charge in [-0.15, -0.1) is 0 Å². The first kappa shape index (κ1) is 11.1. The van der Waals surface area contributed by atoms with Gasteiger partial charge in [-0.2, -0.15) is 0 Å². The molecule has 0 bridgehead atoms. The monoisotopic (exact) mass is 225 g/mol. The van der Waals surface area contributed by atoms with Gasteiger partial charge in [0.2, 0.25) is 0 Å². The molecule has 1 heterocycles. The first-order valence-electron chi connectivity index (χ1n) is 4.26. The van der Waals surface area contributed by atoms with Crippen molar-refractivity contribution in [2.24, 2.45) is 0 Å². The Bertz CT molecular complexity index is 203.